The molecule has 0 unspecified atom stereocenters. The van der Waals surface area contributed by atoms with Crippen LogP contribution in [-0.4, -0.2) is 30.6 Å². The van der Waals surface area contributed by atoms with Crippen molar-refractivity contribution in [2.45, 2.75) is 45.6 Å². The zero-order valence-corrected chi connectivity index (χ0v) is 14.3. The van der Waals surface area contributed by atoms with E-state index in [2.05, 4.69) is 12.2 Å². The molecule has 1 fully saturated rings. The van der Waals surface area contributed by atoms with E-state index in [1.54, 1.807) is 6.92 Å². The number of carbonyl (C=O) groups is 1. The molecule has 0 aliphatic heterocycles. The molecule has 0 bridgehead atoms. The fraction of sp³-hybridized carbons (Fsp3) is 0.588. The minimum absolute atomic E-state index is 0.00136. The van der Waals surface area contributed by atoms with Gasteiger partial charge in [0.15, 0.2) is 11.5 Å². The molecule has 0 aromatic heterocycles. The minimum Gasteiger partial charge on any atom is -0.493 e. The van der Waals surface area contributed by atoms with Crippen LogP contribution in [0.2, 0.25) is 0 Å². The summed E-state index contributed by atoms with van der Waals surface area (Å²) in [7, 11) is 1.44. The standard InChI is InChI=1S/C17H24N2O5/c1-4-24-16-10-14(19(21)22)13(9-15(16)23-3)17(20)18-12-7-5-6-11(2)8-12/h9-12H,4-8H2,1-3H3,(H,18,20)/t11-,12-/m0/s1. The van der Waals surface area contributed by atoms with Crippen molar-refractivity contribution in [3.05, 3.63) is 27.8 Å². The zero-order valence-electron chi connectivity index (χ0n) is 14.3. The molecule has 132 valence electrons. The van der Waals surface area contributed by atoms with Gasteiger partial charge in [0.05, 0.1) is 24.7 Å². The number of rotatable bonds is 6. The van der Waals surface area contributed by atoms with Crippen molar-refractivity contribution in [3.8, 4) is 11.5 Å². The lowest BCUT2D eigenvalue weighted by molar-refractivity contribution is -0.385. The van der Waals surface area contributed by atoms with Gasteiger partial charge in [-0.05, 0) is 25.7 Å². The van der Waals surface area contributed by atoms with Crippen molar-refractivity contribution in [1.29, 1.82) is 0 Å². The molecule has 1 amide bonds. The van der Waals surface area contributed by atoms with Crippen LogP contribution in [0, 0.1) is 16.0 Å². The molecular formula is C17H24N2O5. The van der Waals surface area contributed by atoms with Gasteiger partial charge in [0.1, 0.15) is 5.56 Å². The molecule has 0 radical (unpaired) electrons. The second-order valence-corrected chi connectivity index (χ2v) is 6.15. The lowest BCUT2D eigenvalue weighted by Crippen LogP contribution is -2.38. The molecule has 1 aliphatic carbocycles. The van der Waals surface area contributed by atoms with Gasteiger partial charge in [0.2, 0.25) is 0 Å². The van der Waals surface area contributed by atoms with Gasteiger partial charge in [0, 0.05) is 12.1 Å². The first-order valence-electron chi connectivity index (χ1n) is 8.26. The summed E-state index contributed by atoms with van der Waals surface area (Å²) in [5.74, 6) is 0.676. The van der Waals surface area contributed by atoms with Crippen LogP contribution in [0.15, 0.2) is 12.1 Å². The first-order chi connectivity index (χ1) is 11.5. The van der Waals surface area contributed by atoms with E-state index in [0.29, 0.717) is 18.3 Å². The van der Waals surface area contributed by atoms with Crippen LogP contribution < -0.4 is 14.8 Å². The average molecular weight is 336 g/mol. The summed E-state index contributed by atoms with van der Waals surface area (Å²) in [6.45, 7) is 4.27. The molecule has 2 rings (SSSR count). The number of hydrogen-bond donors (Lipinski definition) is 1. The molecule has 1 aromatic carbocycles. The summed E-state index contributed by atoms with van der Waals surface area (Å²) in [5.41, 5.74) is -0.279. The summed E-state index contributed by atoms with van der Waals surface area (Å²) in [4.78, 5) is 23.4. The molecule has 0 spiro atoms. The highest BCUT2D eigenvalue weighted by Gasteiger charge is 2.27. The van der Waals surface area contributed by atoms with Crippen LogP contribution in [0.5, 0.6) is 11.5 Å². The molecule has 1 aromatic rings. The third-order valence-electron chi connectivity index (χ3n) is 4.29. The molecule has 24 heavy (non-hydrogen) atoms. The number of amides is 1. The summed E-state index contributed by atoms with van der Waals surface area (Å²) in [6.07, 6.45) is 4.01. The van der Waals surface area contributed by atoms with Crippen LogP contribution in [0.1, 0.15) is 49.9 Å². The second-order valence-electron chi connectivity index (χ2n) is 6.15. The summed E-state index contributed by atoms with van der Waals surface area (Å²) < 4.78 is 10.6. The van der Waals surface area contributed by atoms with Crippen LogP contribution >= 0.6 is 0 Å². The molecule has 1 aliphatic rings. The molecular weight excluding hydrogens is 312 g/mol. The van der Waals surface area contributed by atoms with E-state index < -0.39 is 10.8 Å². The lowest BCUT2D eigenvalue weighted by atomic mass is 9.87. The van der Waals surface area contributed by atoms with E-state index >= 15 is 0 Å². The smallest absolute Gasteiger partial charge is 0.286 e. The molecule has 1 N–H and O–H groups in total. The highest BCUT2D eigenvalue weighted by atomic mass is 16.6. The topological polar surface area (TPSA) is 90.7 Å². The second kappa shape index (κ2) is 7.99. The first kappa shape index (κ1) is 18.0. The maximum atomic E-state index is 12.6. The number of methoxy groups -OCH3 is 1. The van der Waals surface area contributed by atoms with E-state index in [1.165, 1.54) is 19.2 Å². The maximum Gasteiger partial charge on any atom is 0.286 e. The lowest BCUT2D eigenvalue weighted by Gasteiger charge is -2.27. The van der Waals surface area contributed by atoms with Crippen molar-refractivity contribution >= 4 is 11.6 Å². The third kappa shape index (κ3) is 4.15. The number of nitrogens with zero attached hydrogens (tertiary/aromatic N) is 1. The van der Waals surface area contributed by atoms with Crippen molar-refractivity contribution < 1.29 is 19.2 Å². The Labute approximate surface area is 141 Å². The summed E-state index contributed by atoms with van der Waals surface area (Å²) >= 11 is 0. The Balaban J connectivity index is 2.29. The van der Waals surface area contributed by atoms with E-state index in [4.69, 9.17) is 9.47 Å². The molecule has 2 atom stereocenters. The number of nitrogens with one attached hydrogen (secondary N) is 1. The Morgan fingerprint density at radius 1 is 1.38 bits per heavy atom. The predicted octanol–water partition coefficient (Wildman–Crippen LogP) is 3.31. The molecule has 0 heterocycles. The highest BCUT2D eigenvalue weighted by Crippen LogP contribution is 2.35. The predicted molar refractivity (Wildman–Crippen MR) is 89.7 cm³/mol. The van der Waals surface area contributed by atoms with Crippen molar-refractivity contribution in [2.75, 3.05) is 13.7 Å². The maximum absolute atomic E-state index is 12.6. The monoisotopic (exact) mass is 336 g/mol. The number of nitro groups is 1. The third-order valence-corrected chi connectivity index (χ3v) is 4.29. The minimum atomic E-state index is -0.569. The van der Waals surface area contributed by atoms with Gasteiger partial charge in [-0.3, -0.25) is 14.9 Å². The van der Waals surface area contributed by atoms with Crippen molar-refractivity contribution in [1.82, 2.24) is 5.32 Å². The molecule has 7 heteroatoms. The SMILES string of the molecule is CCOc1cc([N+](=O)[O-])c(C(=O)N[C@H]2CCC[C@H](C)C2)cc1OC. The Kier molecular flexibility index (Phi) is 6.00. The van der Waals surface area contributed by atoms with Gasteiger partial charge >= 0.3 is 0 Å². The van der Waals surface area contributed by atoms with Crippen LogP contribution in [0.4, 0.5) is 5.69 Å². The average Bonchev–Trinajstić information content (AvgIpc) is 2.54. The van der Waals surface area contributed by atoms with E-state index in [1.807, 2.05) is 0 Å². The summed E-state index contributed by atoms with van der Waals surface area (Å²) in [5, 5.41) is 14.3. The van der Waals surface area contributed by atoms with Crippen LogP contribution in [0.25, 0.3) is 0 Å². The van der Waals surface area contributed by atoms with Gasteiger partial charge in [-0.1, -0.05) is 19.8 Å². The highest BCUT2D eigenvalue weighted by molar-refractivity contribution is 5.99. The van der Waals surface area contributed by atoms with Gasteiger partial charge in [-0.25, -0.2) is 0 Å². The number of hydrogen-bond acceptors (Lipinski definition) is 5. The van der Waals surface area contributed by atoms with Gasteiger partial charge in [0.25, 0.3) is 11.6 Å². The Hall–Kier alpha value is -2.31. The number of carbonyl (C=O) groups excluding carboxylic acids is 1. The van der Waals surface area contributed by atoms with E-state index in [0.717, 1.165) is 25.7 Å². The largest absolute Gasteiger partial charge is 0.493 e. The normalized spacial score (nSPS) is 20.3. The fourth-order valence-electron chi connectivity index (χ4n) is 3.14. The number of benzene rings is 1. The quantitative estimate of drug-likeness (QED) is 0.636. The van der Waals surface area contributed by atoms with E-state index in [-0.39, 0.29) is 23.0 Å². The molecule has 1 saturated carbocycles. The number of nitro benzene ring substituents is 1. The molecule has 0 saturated heterocycles. The van der Waals surface area contributed by atoms with E-state index in [9.17, 15) is 14.9 Å². The van der Waals surface area contributed by atoms with Crippen molar-refractivity contribution in [3.63, 3.8) is 0 Å². The van der Waals surface area contributed by atoms with Crippen LogP contribution in [0.3, 0.4) is 0 Å². The Morgan fingerprint density at radius 2 is 2.12 bits per heavy atom. The Morgan fingerprint density at radius 3 is 2.71 bits per heavy atom. The first-order valence-corrected chi connectivity index (χ1v) is 8.26. The van der Waals surface area contributed by atoms with Gasteiger partial charge in [-0.15, -0.1) is 0 Å². The number of ether oxygens (including phenoxy) is 2. The van der Waals surface area contributed by atoms with Gasteiger partial charge in [-0.2, -0.15) is 0 Å². The fourth-order valence-corrected chi connectivity index (χ4v) is 3.14. The van der Waals surface area contributed by atoms with Crippen molar-refractivity contribution in [2.24, 2.45) is 5.92 Å². The summed E-state index contributed by atoms with van der Waals surface area (Å²) in [6, 6.07) is 2.68. The zero-order chi connectivity index (χ0) is 17.7. The van der Waals surface area contributed by atoms with Crippen LogP contribution in [-0.2, 0) is 0 Å². The Bertz CT molecular complexity index is 617. The molecule has 7 nitrogen and oxygen atoms in total. The van der Waals surface area contributed by atoms with Gasteiger partial charge < -0.3 is 14.8 Å².